The van der Waals surface area contributed by atoms with Gasteiger partial charge in [-0.1, -0.05) is 0 Å². The fourth-order valence-electron chi connectivity index (χ4n) is 2.94. The predicted octanol–water partition coefficient (Wildman–Crippen LogP) is 0.828. The maximum atomic E-state index is 12.4. The van der Waals surface area contributed by atoms with Gasteiger partial charge in [0.05, 0.1) is 24.5 Å². The molecule has 0 radical (unpaired) electrons. The summed E-state index contributed by atoms with van der Waals surface area (Å²) in [7, 11) is 0. The van der Waals surface area contributed by atoms with Crippen molar-refractivity contribution in [2.24, 2.45) is 0 Å². The molecule has 1 saturated heterocycles. The van der Waals surface area contributed by atoms with Gasteiger partial charge in [-0.2, -0.15) is 4.52 Å². The van der Waals surface area contributed by atoms with E-state index >= 15 is 0 Å². The van der Waals surface area contributed by atoms with Crippen molar-refractivity contribution in [2.75, 3.05) is 13.1 Å². The van der Waals surface area contributed by atoms with Crippen LogP contribution in [0.2, 0.25) is 0 Å². The first-order valence-corrected chi connectivity index (χ1v) is 7.83. The molecule has 8 heteroatoms. The van der Waals surface area contributed by atoms with E-state index < -0.39 is 6.10 Å². The molecular weight excluding hydrogens is 310 g/mol. The van der Waals surface area contributed by atoms with Crippen LogP contribution in [0, 0.1) is 6.92 Å². The lowest BCUT2D eigenvalue weighted by molar-refractivity contribution is -0.129. The van der Waals surface area contributed by atoms with Gasteiger partial charge in [0, 0.05) is 19.2 Å². The first-order chi connectivity index (χ1) is 11.6. The summed E-state index contributed by atoms with van der Waals surface area (Å²) < 4.78 is 7.04. The number of hydrogen-bond donors (Lipinski definition) is 1. The third-order valence-corrected chi connectivity index (χ3v) is 4.07. The van der Waals surface area contributed by atoms with Crippen LogP contribution in [0.25, 0.3) is 17.2 Å². The third-order valence-electron chi connectivity index (χ3n) is 4.07. The van der Waals surface area contributed by atoms with E-state index in [4.69, 9.17) is 4.42 Å². The molecule has 24 heavy (non-hydrogen) atoms. The molecule has 1 atom stereocenters. The molecule has 0 aromatic carbocycles. The molecular formula is C16H17N5O3. The highest BCUT2D eigenvalue weighted by atomic mass is 16.3. The zero-order chi connectivity index (χ0) is 16.7. The number of carbonyl (C=O) groups excluding carboxylic acids is 1. The summed E-state index contributed by atoms with van der Waals surface area (Å²) in [5.41, 5.74) is 1.23. The van der Waals surface area contributed by atoms with Gasteiger partial charge < -0.3 is 14.4 Å². The molecule has 1 amide bonds. The maximum Gasteiger partial charge on any atom is 0.228 e. The van der Waals surface area contributed by atoms with E-state index in [1.165, 1.54) is 0 Å². The second-order valence-corrected chi connectivity index (χ2v) is 5.94. The third kappa shape index (κ3) is 2.65. The number of likely N-dealkylation sites (tertiary alicyclic amines) is 1. The van der Waals surface area contributed by atoms with Gasteiger partial charge in [0.15, 0.2) is 17.2 Å². The van der Waals surface area contributed by atoms with Crippen LogP contribution >= 0.6 is 0 Å². The van der Waals surface area contributed by atoms with Crippen molar-refractivity contribution in [1.82, 2.24) is 24.5 Å². The van der Waals surface area contributed by atoms with E-state index in [2.05, 4.69) is 15.1 Å². The molecule has 0 spiro atoms. The van der Waals surface area contributed by atoms with E-state index in [1.807, 2.05) is 0 Å². The number of aryl methyl sites for hydroxylation is 1. The highest BCUT2D eigenvalue weighted by molar-refractivity contribution is 5.79. The molecule has 3 aromatic heterocycles. The number of hydrogen-bond acceptors (Lipinski definition) is 6. The SMILES string of the molecule is Cc1nc2cc(CC(=O)N3CC[C@@H](O)C3)nc(-c3ccco3)n2n1. The molecule has 0 aliphatic carbocycles. The summed E-state index contributed by atoms with van der Waals surface area (Å²) in [6, 6.07) is 5.33. The highest BCUT2D eigenvalue weighted by Crippen LogP contribution is 2.20. The van der Waals surface area contributed by atoms with Gasteiger partial charge in [0.1, 0.15) is 5.82 Å². The van der Waals surface area contributed by atoms with Gasteiger partial charge >= 0.3 is 0 Å². The number of aliphatic hydroxyl groups is 1. The van der Waals surface area contributed by atoms with Crippen LogP contribution in [0.15, 0.2) is 28.9 Å². The monoisotopic (exact) mass is 327 g/mol. The predicted molar refractivity (Wildman–Crippen MR) is 84.1 cm³/mol. The standard InChI is InChI=1S/C16H17N5O3/c1-10-17-14-7-11(8-15(23)20-5-4-12(22)9-20)18-16(21(14)19-10)13-3-2-6-24-13/h2-3,6-7,12,22H,4-5,8-9H2,1H3/t12-/m1/s1. The Kier molecular flexibility index (Phi) is 3.53. The van der Waals surface area contributed by atoms with Gasteiger partial charge in [-0.15, -0.1) is 5.10 Å². The van der Waals surface area contributed by atoms with Crippen molar-refractivity contribution in [2.45, 2.75) is 25.9 Å². The van der Waals surface area contributed by atoms with Crippen LogP contribution in [0.1, 0.15) is 17.9 Å². The first-order valence-electron chi connectivity index (χ1n) is 7.83. The molecule has 124 valence electrons. The smallest absolute Gasteiger partial charge is 0.228 e. The molecule has 1 aliphatic rings. The quantitative estimate of drug-likeness (QED) is 0.765. The fourth-order valence-corrected chi connectivity index (χ4v) is 2.94. The number of aliphatic hydroxyl groups excluding tert-OH is 1. The van der Waals surface area contributed by atoms with Crippen molar-refractivity contribution < 1.29 is 14.3 Å². The Morgan fingerprint density at radius 3 is 3.04 bits per heavy atom. The average molecular weight is 327 g/mol. The first kappa shape index (κ1) is 14.8. The van der Waals surface area contributed by atoms with Crippen molar-refractivity contribution in [1.29, 1.82) is 0 Å². The fraction of sp³-hybridized carbons (Fsp3) is 0.375. The molecule has 1 N–H and O–H groups in total. The summed E-state index contributed by atoms with van der Waals surface area (Å²) in [4.78, 5) is 23.0. The molecule has 4 heterocycles. The van der Waals surface area contributed by atoms with Crippen LogP contribution in [0.4, 0.5) is 0 Å². The molecule has 1 fully saturated rings. The largest absolute Gasteiger partial charge is 0.461 e. The molecule has 0 bridgehead atoms. The Morgan fingerprint density at radius 1 is 1.46 bits per heavy atom. The zero-order valence-electron chi connectivity index (χ0n) is 13.2. The lowest BCUT2D eigenvalue weighted by Crippen LogP contribution is -2.31. The second kappa shape index (κ2) is 5.72. The van der Waals surface area contributed by atoms with E-state index in [9.17, 15) is 9.90 Å². The number of amides is 1. The van der Waals surface area contributed by atoms with Crippen molar-refractivity contribution in [3.63, 3.8) is 0 Å². The number of nitrogens with zero attached hydrogens (tertiary/aromatic N) is 5. The van der Waals surface area contributed by atoms with Crippen LogP contribution < -0.4 is 0 Å². The summed E-state index contributed by atoms with van der Waals surface area (Å²) in [6.45, 7) is 2.77. The Balaban J connectivity index is 1.70. The molecule has 8 nitrogen and oxygen atoms in total. The molecule has 4 rings (SSSR count). The molecule has 0 unspecified atom stereocenters. The lowest BCUT2D eigenvalue weighted by atomic mass is 10.2. The highest BCUT2D eigenvalue weighted by Gasteiger charge is 2.25. The van der Waals surface area contributed by atoms with Crippen LogP contribution in [0.3, 0.4) is 0 Å². The van der Waals surface area contributed by atoms with Crippen LogP contribution in [-0.4, -0.2) is 54.7 Å². The van der Waals surface area contributed by atoms with E-state index in [-0.39, 0.29) is 12.3 Å². The Labute approximate surface area is 137 Å². The lowest BCUT2D eigenvalue weighted by Gasteiger charge is -2.15. The topological polar surface area (TPSA) is 96.8 Å². The Bertz CT molecular complexity index is 887. The minimum Gasteiger partial charge on any atom is -0.461 e. The van der Waals surface area contributed by atoms with Crippen molar-refractivity contribution in [3.05, 3.63) is 36.0 Å². The maximum absolute atomic E-state index is 12.4. The molecule has 0 saturated carbocycles. The average Bonchev–Trinajstić information content (AvgIpc) is 3.25. The Morgan fingerprint density at radius 2 is 2.33 bits per heavy atom. The minimum absolute atomic E-state index is 0.0509. The summed E-state index contributed by atoms with van der Waals surface area (Å²) >= 11 is 0. The van der Waals surface area contributed by atoms with E-state index in [1.54, 1.807) is 40.8 Å². The summed E-state index contributed by atoms with van der Waals surface area (Å²) in [6.07, 6.45) is 1.92. The number of fused-ring (bicyclic) bond motifs is 1. The molecule has 1 aliphatic heterocycles. The number of carbonyl (C=O) groups is 1. The van der Waals surface area contributed by atoms with E-state index in [0.29, 0.717) is 48.3 Å². The van der Waals surface area contributed by atoms with Gasteiger partial charge in [0.25, 0.3) is 0 Å². The van der Waals surface area contributed by atoms with Crippen LogP contribution in [-0.2, 0) is 11.2 Å². The van der Waals surface area contributed by atoms with Crippen molar-refractivity contribution >= 4 is 11.6 Å². The van der Waals surface area contributed by atoms with Gasteiger partial charge in [-0.05, 0) is 25.5 Å². The van der Waals surface area contributed by atoms with Gasteiger partial charge in [-0.25, -0.2) is 9.97 Å². The normalized spacial score (nSPS) is 17.8. The summed E-state index contributed by atoms with van der Waals surface area (Å²) in [5.74, 6) is 1.65. The van der Waals surface area contributed by atoms with Gasteiger partial charge in [0.2, 0.25) is 5.91 Å². The van der Waals surface area contributed by atoms with Crippen molar-refractivity contribution in [3.8, 4) is 11.6 Å². The number of furan rings is 1. The number of aromatic nitrogens is 4. The zero-order valence-corrected chi connectivity index (χ0v) is 13.2. The van der Waals surface area contributed by atoms with E-state index in [0.717, 1.165) is 0 Å². The van der Waals surface area contributed by atoms with Crippen LogP contribution in [0.5, 0.6) is 0 Å². The summed E-state index contributed by atoms with van der Waals surface area (Å²) in [5, 5.41) is 13.9. The second-order valence-electron chi connectivity index (χ2n) is 5.94. The number of rotatable bonds is 3. The molecule has 3 aromatic rings. The van der Waals surface area contributed by atoms with Gasteiger partial charge in [-0.3, -0.25) is 4.79 Å². The minimum atomic E-state index is -0.429. The Hall–Kier alpha value is -2.74. The number of β-amino-alcohol motifs (C(OH)–C–C–N with tert-alkyl or cyclic N) is 1.